The molecule has 0 aliphatic carbocycles. The standard InChI is InChI=1S/C16H29N5OS.HI/c1-6-7-9-17-16(19-12-15(22)20(3)4)21(5)10-8-14-18-11-13(2)23-14;/h11H,6-10,12H2,1-5H3,(H,17,19);1H. The van der Waals surface area contributed by atoms with Crippen LogP contribution in [-0.2, 0) is 11.2 Å². The molecule has 0 bridgehead atoms. The molecule has 1 rings (SSSR count). The van der Waals surface area contributed by atoms with Crippen LogP contribution in [0.3, 0.4) is 0 Å². The van der Waals surface area contributed by atoms with Crippen LogP contribution in [-0.4, -0.2) is 67.4 Å². The van der Waals surface area contributed by atoms with Gasteiger partial charge in [0.25, 0.3) is 0 Å². The predicted octanol–water partition coefficient (Wildman–Crippen LogP) is 2.38. The normalized spacial score (nSPS) is 11.0. The summed E-state index contributed by atoms with van der Waals surface area (Å²) in [4.78, 5) is 25.5. The van der Waals surface area contributed by atoms with E-state index in [1.807, 2.05) is 13.2 Å². The molecule has 0 fully saturated rings. The number of guanidine groups is 1. The molecule has 8 heteroatoms. The van der Waals surface area contributed by atoms with Crippen molar-refractivity contribution in [2.75, 3.05) is 40.8 Å². The number of aryl methyl sites for hydroxylation is 1. The molecule has 0 saturated carbocycles. The fourth-order valence-electron chi connectivity index (χ4n) is 1.86. The van der Waals surface area contributed by atoms with Gasteiger partial charge in [0.2, 0.25) is 5.91 Å². The Hall–Kier alpha value is -0.900. The van der Waals surface area contributed by atoms with Gasteiger partial charge in [-0.05, 0) is 13.3 Å². The van der Waals surface area contributed by atoms with Crippen LogP contribution in [0, 0.1) is 6.92 Å². The van der Waals surface area contributed by atoms with Crippen molar-refractivity contribution in [2.45, 2.75) is 33.1 Å². The Bertz CT molecular complexity index is 518. The highest BCUT2D eigenvalue weighted by Gasteiger charge is 2.10. The second-order valence-corrected chi connectivity index (χ2v) is 7.06. The van der Waals surface area contributed by atoms with E-state index < -0.39 is 0 Å². The molecule has 0 radical (unpaired) electrons. The van der Waals surface area contributed by atoms with Crippen LogP contribution in [0.5, 0.6) is 0 Å². The van der Waals surface area contributed by atoms with Crippen molar-refractivity contribution in [3.8, 4) is 0 Å². The minimum absolute atomic E-state index is 0. The summed E-state index contributed by atoms with van der Waals surface area (Å²) >= 11 is 1.73. The van der Waals surface area contributed by atoms with Crippen LogP contribution in [0.4, 0.5) is 0 Å². The van der Waals surface area contributed by atoms with Gasteiger partial charge in [0.05, 0.1) is 5.01 Å². The molecular formula is C16H30IN5OS. The van der Waals surface area contributed by atoms with Crippen molar-refractivity contribution in [3.63, 3.8) is 0 Å². The number of thiazole rings is 1. The number of unbranched alkanes of at least 4 members (excludes halogenated alkanes) is 1. The summed E-state index contributed by atoms with van der Waals surface area (Å²) in [7, 11) is 5.49. The maximum absolute atomic E-state index is 11.7. The highest BCUT2D eigenvalue weighted by molar-refractivity contribution is 14.0. The smallest absolute Gasteiger partial charge is 0.243 e. The Labute approximate surface area is 166 Å². The first-order valence-electron chi connectivity index (χ1n) is 8.05. The van der Waals surface area contributed by atoms with Crippen LogP contribution < -0.4 is 5.32 Å². The molecule has 1 N–H and O–H groups in total. The van der Waals surface area contributed by atoms with Gasteiger partial charge in [-0.25, -0.2) is 9.98 Å². The zero-order valence-electron chi connectivity index (χ0n) is 15.3. The van der Waals surface area contributed by atoms with E-state index >= 15 is 0 Å². The van der Waals surface area contributed by atoms with Crippen molar-refractivity contribution in [1.29, 1.82) is 0 Å². The minimum Gasteiger partial charge on any atom is -0.356 e. The number of nitrogens with zero attached hydrogens (tertiary/aromatic N) is 4. The third-order valence-corrected chi connectivity index (χ3v) is 4.34. The third kappa shape index (κ3) is 8.81. The average molecular weight is 467 g/mol. The Balaban J connectivity index is 0.00000529. The van der Waals surface area contributed by atoms with E-state index in [0.717, 1.165) is 43.3 Å². The number of aliphatic imine (C=N–C) groups is 1. The topological polar surface area (TPSA) is 60.8 Å². The molecule has 138 valence electrons. The summed E-state index contributed by atoms with van der Waals surface area (Å²) in [5.41, 5.74) is 0. The molecule has 1 heterocycles. The van der Waals surface area contributed by atoms with E-state index in [1.54, 1.807) is 30.3 Å². The number of rotatable bonds is 8. The fourth-order valence-corrected chi connectivity index (χ4v) is 2.63. The summed E-state index contributed by atoms with van der Waals surface area (Å²) in [6.45, 7) is 6.08. The van der Waals surface area contributed by atoms with Gasteiger partial charge in [-0.2, -0.15) is 0 Å². The summed E-state index contributed by atoms with van der Waals surface area (Å²) in [6.07, 6.45) is 4.99. The van der Waals surface area contributed by atoms with Crippen molar-refractivity contribution < 1.29 is 4.79 Å². The first-order valence-corrected chi connectivity index (χ1v) is 8.86. The molecular weight excluding hydrogens is 437 g/mol. The number of halogens is 1. The summed E-state index contributed by atoms with van der Waals surface area (Å²) < 4.78 is 0. The van der Waals surface area contributed by atoms with E-state index in [1.165, 1.54) is 4.88 Å². The van der Waals surface area contributed by atoms with Crippen LogP contribution in [0.15, 0.2) is 11.2 Å². The van der Waals surface area contributed by atoms with Gasteiger partial charge >= 0.3 is 0 Å². The average Bonchev–Trinajstić information content (AvgIpc) is 2.93. The van der Waals surface area contributed by atoms with E-state index in [-0.39, 0.29) is 36.4 Å². The lowest BCUT2D eigenvalue weighted by Crippen LogP contribution is -2.41. The number of hydrogen-bond donors (Lipinski definition) is 1. The number of carbonyl (C=O) groups excluding carboxylic acids is 1. The zero-order valence-corrected chi connectivity index (χ0v) is 18.5. The lowest BCUT2D eigenvalue weighted by atomic mass is 10.3. The molecule has 1 amide bonds. The first-order chi connectivity index (χ1) is 10.9. The largest absolute Gasteiger partial charge is 0.356 e. The highest BCUT2D eigenvalue weighted by atomic mass is 127. The molecule has 1 aromatic rings. The van der Waals surface area contributed by atoms with Gasteiger partial charge in [0.15, 0.2) is 5.96 Å². The molecule has 0 saturated heterocycles. The van der Waals surface area contributed by atoms with Gasteiger partial charge < -0.3 is 15.1 Å². The number of aromatic nitrogens is 1. The third-order valence-electron chi connectivity index (χ3n) is 3.37. The quantitative estimate of drug-likeness (QED) is 0.276. The fraction of sp³-hybridized carbons (Fsp3) is 0.688. The summed E-state index contributed by atoms with van der Waals surface area (Å²) in [5.74, 6) is 0.783. The van der Waals surface area contributed by atoms with Crippen LogP contribution in [0.1, 0.15) is 29.7 Å². The highest BCUT2D eigenvalue weighted by Crippen LogP contribution is 2.11. The molecule has 0 aliphatic heterocycles. The Morgan fingerprint density at radius 2 is 2.08 bits per heavy atom. The predicted molar refractivity (Wildman–Crippen MR) is 113 cm³/mol. The van der Waals surface area contributed by atoms with E-state index in [0.29, 0.717) is 0 Å². The molecule has 1 aromatic heterocycles. The Morgan fingerprint density at radius 3 is 2.62 bits per heavy atom. The SMILES string of the molecule is CCCCNC(=NCC(=O)N(C)C)N(C)CCc1ncc(C)s1.I. The number of likely N-dealkylation sites (N-methyl/N-ethyl adjacent to an activating group) is 2. The lowest BCUT2D eigenvalue weighted by molar-refractivity contribution is -0.127. The Morgan fingerprint density at radius 1 is 1.38 bits per heavy atom. The molecule has 0 aliphatic rings. The number of hydrogen-bond acceptors (Lipinski definition) is 4. The molecule has 6 nitrogen and oxygen atoms in total. The molecule has 24 heavy (non-hydrogen) atoms. The number of nitrogens with one attached hydrogen (secondary N) is 1. The van der Waals surface area contributed by atoms with Crippen molar-refractivity contribution in [1.82, 2.24) is 20.1 Å². The molecule has 0 unspecified atom stereocenters. The minimum atomic E-state index is 0. The zero-order chi connectivity index (χ0) is 17.2. The van der Waals surface area contributed by atoms with Gasteiger partial charge in [0.1, 0.15) is 6.54 Å². The maximum Gasteiger partial charge on any atom is 0.243 e. The molecule has 0 aromatic carbocycles. The summed E-state index contributed by atoms with van der Waals surface area (Å²) in [6, 6.07) is 0. The van der Waals surface area contributed by atoms with Gasteiger partial charge in [-0.1, -0.05) is 13.3 Å². The maximum atomic E-state index is 11.7. The van der Waals surface area contributed by atoms with Crippen LogP contribution in [0.25, 0.3) is 0 Å². The van der Waals surface area contributed by atoms with Gasteiger partial charge in [0, 0.05) is 51.7 Å². The Kier molecular flexibility index (Phi) is 12.0. The van der Waals surface area contributed by atoms with E-state index in [2.05, 4.69) is 34.0 Å². The lowest BCUT2D eigenvalue weighted by Gasteiger charge is -2.22. The monoisotopic (exact) mass is 467 g/mol. The molecule has 0 atom stereocenters. The number of amides is 1. The number of carbonyl (C=O) groups is 1. The first kappa shape index (κ1) is 23.1. The van der Waals surface area contributed by atoms with Gasteiger partial charge in [-0.3, -0.25) is 4.79 Å². The van der Waals surface area contributed by atoms with Crippen molar-refractivity contribution in [2.24, 2.45) is 4.99 Å². The second kappa shape index (κ2) is 12.5. The van der Waals surface area contributed by atoms with Crippen LogP contribution >= 0.6 is 35.3 Å². The summed E-state index contributed by atoms with van der Waals surface area (Å²) in [5, 5.41) is 4.48. The molecule has 0 spiro atoms. The second-order valence-electron chi connectivity index (χ2n) is 5.74. The van der Waals surface area contributed by atoms with E-state index in [9.17, 15) is 4.79 Å². The van der Waals surface area contributed by atoms with E-state index in [4.69, 9.17) is 0 Å². The van der Waals surface area contributed by atoms with Crippen molar-refractivity contribution in [3.05, 3.63) is 16.1 Å². The van der Waals surface area contributed by atoms with Gasteiger partial charge in [-0.15, -0.1) is 35.3 Å². The van der Waals surface area contributed by atoms with Crippen LogP contribution in [0.2, 0.25) is 0 Å². The van der Waals surface area contributed by atoms with Crippen molar-refractivity contribution >= 4 is 47.2 Å².